The van der Waals surface area contributed by atoms with Crippen molar-refractivity contribution >= 4 is 18.6 Å². The van der Waals surface area contributed by atoms with Crippen LogP contribution in [0.15, 0.2) is 34.5 Å². The fraction of sp³-hybridized carbons (Fsp3) is 0.200. The van der Waals surface area contributed by atoms with Crippen molar-refractivity contribution in [2.45, 2.75) is 13.8 Å². The summed E-state index contributed by atoms with van der Waals surface area (Å²) in [6.45, 7) is 7.32. The summed E-state index contributed by atoms with van der Waals surface area (Å²) < 4.78 is 0. The average molecular weight is 175 g/mol. The topological polar surface area (TPSA) is 28.0 Å². The van der Waals surface area contributed by atoms with Gasteiger partial charge in [-0.1, -0.05) is 18.2 Å². The monoisotopic (exact) mass is 175 g/mol. The van der Waals surface area contributed by atoms with Gasteiger partial charge in [0.15, 0.2) is 0 Å². The maximum atomic E-state index is 4.05. The lowest BCUT2D eigenvalue weighted by atomic mass is 10.2. The van der Waals surface area contributed by atoms with Crippen LogP contribution in [0.2, 0.25) is 0 Å². The Hall–Kier alpha value is -1.64. The minimum Gasteiger partial charge on any atom is -0.167 e. The molecule has 0 saturated carbocycles. The van der Waals surface area contributed by atoms with Gasteiger partial charge in [0.25, 0.3) is 0 Å². The molecule has 0 N–H and O–H groups in total. The third-order valence-corrected chi connectivity index (χ3v) is 1.69. The highest BCUT2D eigenvalue weighted by Gasteiger charge is 2.02. The first-order valence-corrected chi connectivity index (χ1v) is 4.10. The van der Waals surface area contributed by atoms with E-state index in [2.05, 4.69) is 16.9 Å². The minimum atomic E-state index is 0.954. The molecule has 0 aliphatic carbocycles. The number of anilines is 1. The first-order chi connectivity index (χ1) is 6.29. The largest absolute Gasteiger partial charge is 0.167 e. The molecule has 1 rings (SSSR count). The number of aryl methyl sites for hydroxylation is 1. The summed E-state index contributed by atoms with van der Waals surface area (Å²) in [5, 5.41) is 9.36. The summed E-state index contributed by atoms with van der Waals surface area (Å²) in [6.07, 6.45) is 1.68. The van der Waals surface area contributed by atoms with Crippen LogP contribution in [0.3, 0.4) is 0 Å². The predicted octanol–water partition coefficient (Wildman–Crippen LogP) is 2.42. The van der Waals surface area contributed by atoms with Crippen molar-refractivity contribution in [1.82, 2.24) is 0 Å². The van der Waals surface area contributed by atoms with Crippen LogP contribution < -0.4 is 5.12 Å². The second-order valence-corrected chi connectivity index (χ2v) is 2.59. The van der Waals surface area contributed by atoms with E-state index in [4.69, 9.17) is 0 Å². The predicted molar refractivity (Wildman–Crippen MR) is 57.4 cm³/mol. The first-order valence-electron chi connectivity index (χ1n) is 4.10. The Labute approximate surface area is 78.4 Å². The van der Waals surface area contributed by atoms with Gasteiger partial charge in [0.2, 0.25) is 0 Å². The number of hydrogen-bond donors (Lipinski definition) is 0. The Morgan fingerprint density at radius 3 is 2.62 bits per heavy atom. The molecule has 1 aromatic carbocycles. The Morgan fingerprint density at radius 1 is 1.38 bits per heavy atom. The molecule has 0 aliphatic heterocycles. The van der Waals surface area contributed by atoms with Crippen molar-refractivity contribution in [2.75, 3.05) is 5.12 Å². The third kappa shape index (κ3) is 2.15. The van der Waals surface area contributed by atoms with Gasteiger partial charge in [-0.05, 0) is 25.5 Å². The van der Waals surface area contributed by atoms with Crippen molar-refractivity contribution in [3.63, 3.8) is 0 Å². The van der Waals surface area contributed by atoms with Crippen LogP contribution in [0.1, 0.15) is 12.5 Å². The van der Waals surface area contributed by atoms with Crippen LogP contribution in [0.5, 0.6) is 0 Å². The van der Waals surface area contributed by atoms with Gasteiger partial charge in [-0.2, -0.15) is 15.3 Å². The number of hydrazone groups is 2. The van der Waals surface area contributed by atoms with E-state index in [0.29, 0.717) is 0 Å². The van der Waals surface area contributed by atoms with Crippen molar-refractivity contribution in [2.24, 2.45) is 10.2 Å². The molecule has 0 saturated heterocycles. The van der Waals surface area contributed by atoms with E-state index >= 15 is 0 Å². The molecular weight excluding hydrogens is 162 g/mol. The van der Waals surface area contributed by atoms with E-state index in [0.717, 1.165) is 11.3 Å². The number of para-hydroxylation sites is 1. The molecule has 13 heavy (non-hydrogen) atoms. The van der Waals surface area contributed by atoms with Gasteiger partial charge in [0.05, 0.1) is 5.69 Å². The normalized spacial score (nSPS) is 10.3. The summed E-state index contributed by atoms with van der Waals surface area (Å²) >= 11 is 0. The molecule has 1 aromatic rings. The number of rotatable bonds is 3. The standard InChI is InChI=1S/C10H13N3/c1-4-12-13(11-3)10-8-6-5-7-9(10)2/h4-8H,3H2,1-2H3/b12-4-. The van der Waals surface area contributed by atoms with E-state index in [1.807, 2.05) is 38.1 Å². The summed E-state index contributed by atoms with van der Waals surface area (Å²) in [6, 6.07) is 7.90. The van der Waals surface area contributed by atoms with Gasteiger partial charge in [-0.15, -0.1) is 0 Å². The van der Waals surface area contributed by atoms with Crippen molar-refractivity contribution < 1.29 is 0 Å². The van der Waals surface area contributed by atoms with E-state index in [1.54, 1.807) is 6.21 Å². The summed E-state index contributed by atoms with van der Waals surface area (Å²) in [5.41, 5.74) is 2.08. The van der Waals surface area contributed by atoms with Gasteiger partial charge in [0, 0.05) is 12.9 Å². The molecule has 68 valence electrons. The summed E-state index contributed by atoms with van der Waals surface area (Å²) in [4.78, 5) is 0. The number of nitrogens with zero attached hydrogens (tertiary/aromatic N) is 3. The lowest BCUT2D eigenvalue weighted by molar-refractivity contribution is 0.933. The van der Waals surface area contributed by atoms with Crippen LogP contribution in [-0.4, -0.2) is 12.9 Å². The van der Waals surface area contributed by atoms with E-state index in [-0.39, 0.29) is 0 Å². The zero-order valence-electron chi connectivity index (χ0n) is 7.94. The molecule has 0 heterocycles. The minimum absolute atomic E-state index is 0.954. The van der Waals surface area contributed by atoms with Crippen LogP contribution in [0, 0.1) is 6.92 Å². The second-order valence-electron chi connectivity index (χ2n) is 2.59. The number of hydrogen-bond acceptors (Lipinski definition) is 3. The third-order valence-electron chi connectivity index (χ3n) is 1.69. The average Bonchev–Trinajstić information content (AvgIpc) is 2.16. The highest BCUT2D eigenvalue weighted by Crippen LogP contribution is 2.19. The fourth-order valence-corrected chi connectivity index (χ4v) is 1.07. The second kappa shape index (κ2) is 4.40. The SMILES string of the molecule is C=NN(/N=C\C)c1ccccc1C. The first kappa shape index (κ1) is 9.45. The zero-order chi connectivity index (χ0) is 9.68. The molecule has 0 radical (unpaired) electrons. The Balaban J connectivity index is 3.04. The van der Waals surface area contributed by atoms with Gasteiger partial charge >= 0.3 is 0 Å². The lowest BCUT2D eigenvalue weighted by Crippen LogP contribution is -2.07. The van der Waals surface area contributed by atoms with Crippen molar-refractivity contribution in [3.05, 3.63) is 29.8 Å². The van der Waals surface area contributed by atoms with Crippen LogP contribution in [0.25, 0.3) is 0 Å². The maximum Gasteiger partial charge on any atom is 0.0885 e. The highest BCUT2D eigenvalue weighted by molar-refractivity contribution is 5.59. The molecular formula is C10H13N3. The Bertz CT molecular complexity index is 318. The van der Waals surface area contributed by atoms with Gasteiger partial charge < -0.3 is 0 Å². The number of benzene rings is 1. The van der Waals surface area contributed by atoms with Crippen LogP contribution >= 0.6 is 0 Å². The molecule has 3 heteroatoms. The molecule has 0 unspecified atom stereocenters. The molecule has 3 nitrogen and oxygen atoms in total. The maximum absolute atomic E-state index is 4.05. The van der Waals surface area contributed by atoms with Crippen molar-refractivity contribution in [1.29, 1.82) is 0 Å². The molecule has 0 aliphatic rings. The fourth-order valence-electron chi connectivity index (χ4n) is 1.07. The van der Waals surface area contributed by atoms with Crippen LogP contribution in [0.4, 0.5) is 5.69 Å². The van der Waals surface area contributed by atoms with Crippen molar-refractivity contribution in [3.8, 4) is 0 Å². The Morgan fingerprint density at radius 2 is 2.08 bits per heavy atom. The molecule has 0 bridgehead atoms. The summed E-state index contributed by atoms with van der Waals surface area (Å²) in [7, 11) is 0. The van der Waals surface area contributed by atoms with Crippen LogP contribution in [-0.2, 0) is 0 Å². The van der Waals surface area contributed by atoms with E-state index in [9.17, 15) is 0 Å². The summed E-state index contributed by atoms with van der Waals surface area (Å²) in [5.74, 6) is 0. The Kier molecular flexibility index (Phi) is 3.20. The molecule has 0 aromatic heterocycles. The smallest absolute Gasteiger partial charge is 0.0885 e. The molecule has 0 spiro atoms. The van der Waals surface area contributed by atoms with Gasteiger partial charge in [-0.3, -0.25) is 0 Å². The lowest BCUT2D eigenvalue weighted by Gasteiger charge is -2.13. The molecule has 0 atom stereocenters. The molecule has 0 fully saturated rings. The van der Waals surface area contributed by atoms with Gasteiger partial charge in [0.1, 0.15) is 0 Å². The highest BCUT2D eigenvalue weighted by atomic mass is 15.7. The molecule has 0 amide bonds. The van der Waals surface area contributed by atoms with E-state index < -0.39 is 0 Å². The zero-order valence-corrected chi connectivity index (χ0v) is 7.94. The van der Waals surface area contributed by atoms with E-state index in [1.165, 1.54) is 5.12 Å². The van der Waals surface area contributed by atoms with Gasteiger partial charge in [-0.25, -0.2) is 0 Å². The quantitative estimate of drug-likeness (QED) is 0.512.